The molecule has 1 unspecified atom stereocenters. The van der Waals surface area contributed by atoms with E-state index in [1.54, 1.807) is 13.3 Å². The Kier molecular flexibility index (Phi) is 6.89. The number of methoxy groups -OCH3 is 1. The number of carbonyl (C=O) groups is 1. The maximum absolute atomic E-state index is 11.6. The molecule has 1 amide bonds. The molecule has 2 N–H and O–H groups in total. The minimum absolute atomic E-state index is 0.0833. The lowest BCUT2D eigenvalue weighted by atomic mass is 10.2. The van der Waals surface area contributed by atoms with Gasteiger partial charge in [0.1, 0.15) is 0 Å². The average Bonchev–Trinajstić information content (AvgIpc) is 2.43. The molecule has 0 aliphatic heterocycles. The minimum atomic E-state index is 0.0833. The highest BCUT2D eigenvalue weighted by Gasteiger charge is 2.06. The van der Waals surface area contributed by atoms with E-state index in [-0.39, 0.29) is 11.9 Å². The number of hydrogen-bond donors (Lipinski definition) is 2. The van der Waals surface area contributed by atoms with Crippen LogP contribution in [0.5, 0.6) is 5.88 Å². The number of ether oxygens (including phenoxy) is 1. The second kappa shape index (κ2) is 8.48. The highest BCUT2D eigenvalue weighted by atomic mass is 16.5. The van der Waals surface area contributed by atoms with Gasteiger partial charge in [-0.15, -0.1) is 0 Å². The van der Waals surface area contributed by atoms with E-state index in [0.717, 1.165) is 12.0 Å². The standard InChI is InChI=1S/C14H23N3O2/c1-4-11(2)17-13(18)7-9-15-10-12-6-5-8-16-14(12)19-3/h5-6,8,11,15H,4,7,9-10H2,1-3H3,(H,17,18). The molecule has 1 rings (SSSR count). The predicted molar refractivity (Wildman–Crippen MR) is 75.0 cm³/mol. The molecule has 1 atom stereocenters. The topological polar surface area (TPSA) is 63.2 Å². The van der Waals surface area contributed by atoms with Crippen molar-refractivity contribution in [3.8, 4) is 5.88 Å². The Hall–Kier alpha value is -1.62. The summed E-state index contributed by atoms with van der Waals surface area (Å²) in [6, 6.07) is 4.07. The normalized spacial score (nSPS) is 11.9. The first-order valence-electron chi connectivity index (χ1n) is 6.65. The van der Waals surface area contributed by atoms with E-state index >= 15 is 0 Å². The van der Waals surface area contributed by atoms with Crippen molar-refractivity contribution in [1.82, 2.24) is 15.6 Å². The van der Waals surface area contributed by atoms with Crippen LogP contribution in [0.1, 0.15) is 32.3 Å². The number of nitrogens with zero attached hydrogens (tertiary/aromatic N) is 1. The Bertz CT molecular complexity index is 396. The van der Waals surface area contributed by atoms with Gasteiger partial charge in [-0.1, -0.05) is 13.0 Å². The van der Waals surface area contributed by atoms with Crippen molar-refractivity contribution in [3.63, 3.8) is 0 Å². The van der Waals surface area contributed by atoms with Crippen LogP contribution >= 0.6 is 0 Å². The zero-order valence-electron chi connectivity index (χ0n) is 11.9. The van der Waals surface area contributed by atoms with Crippen molar-refractivity contribution >= 4 is 5.91 Å². The van der Waals surface area contributed by atoms with Crippen molar-refractivity contribution in [2.75, 3.05) is 13.7 Å². The predicted octanol–water partition coefficient (Wildman–Crippen LogP) is 1.48. The van der Waals surface area contributed by atoms with Crippen LogP contribution in [0.2, 0.25) is 0 Å². The zero-order chi connectivity index (χ0) is 14.1. The molecule has 0 spiro atoms. The molecule has 0 fully saturated rings. The van der Waals surface area contributed by atoms with E-state index in [9.17, 15) is 4.79 Å². The highest BCUT2D eigenvalue weighted by Crippen LogP contribution is 2.12. The van der Waals surface area contributed by atoms with Crippen LogP contribution < -0.4 is 15.4 Å². The molecule has 0 aliphatic rings. The van der Waals surface area contributed by atoms with Gasteiger partial charge < -0.3 is 15.4 Å². The molecule has 0 radical (unpaired) electrons. The molecule has 1 heterocycles. The molecule has 0 saturated carbocycles. The third kappa shape index (κ3) is 5.70. The molecule has 19 heavy (non-hydrogen) atoms. The number of amides is 1. The van der Waals surface area contributed by atoms with Crippen LogP contribution in [-0.4, -0.2) is 30.6 Å². The molecule has 5 heteroatoms. The van der Waals surface area contributed by atoms with E-state index in [1.807, 2.05) is 19.1 Å². The first-order chi connectivity index (χ1) is 9.17. The molecular weight excluding hydrogens is 242 g/mol. The Morgan fingerprint density at radius 1 is 1.53 bits per heavy atom. The van der Waals surface area contributed by atoms with Gasteiger partial charge in [-0.25, -0.2) is 4.98 Å². The second-order valence-corrected chi connectivity index (χ2v) is 4.48. The lowest BCUT2D eigenvalue weighted by molar-refractivity contribution is -0.121. The van der Waals surface area contributed by atoms with Crippen molar-refractivity contribution in [2.24, 2.45) is 0 Å². The molecule has 0 bridgehead atoms. The summed E-state index contributed by atoms with van der Waals surface area (Å²) in [6.45, 7) is 5.34. The number of rotatable bonds is 8. The maximum atomic E-state index is 11.6. The van der Waals surface area contributed by atoms with E-state index in [1.165, 1.54) is 0 Å². The largest absolute Gasteiger partial charge is 0.481 e. The summed E-state index contributed by atoms with van der Waals surface area (Å²) < 4.78 is 5.16. The Morgan fingerprint density at radius 2 is 2.32 bits per heavy atom. The SMILES string of the molecule is CCC(C)NC(=O)CCNCc1cccnc1OC. The number of hydrogen-bond acceptors (Lipinski definition) is 4. The van der Waals surface area contributed by atoms with Gasteiger partial charge >= 0.3 is 0 Å². The van der Waals surface area contributed by atoms with E-state index in [2.05, 4.69) is 22.5 Å². The summed E-state index contributed by atoms with van der Waals surface area (Å²) in [5.41, 5.74) is 0.993. The third-order valence-electron chi connectivity index (χ3n) is 2.91. The summed E-state index contributed by atoms with van der Waals surface area (Å²) in [6.07, 6.45) is 3.13. The van der Waals surface area contributed by atoms with Gasteiger partial charge in [-0.05, 0) is 19.4 Å². The van der Waals surface area contributed by atoms with Crippen LogP contribution in [-0.2, 0) is 11.3 Å². The van der Waals surface area contributed by atoms with Crippen LogP contribution in [0.3, 0.4) is 0 Å². The first-order valence-corrected chi connectivity index (χ1v) is 6.65. The van der Waals surface area contributed by atoms with Gasteiger partial charge in [0.15, 0.2) is 0 Å². The molecule has 106 valence electrons. The first kappa shape index (κ1) is 15.4. The molecular formula is C14H23N3O2. The maximum Gasteiger partial charge on any atom is 0.221 e. The van der Waals surface area contributed by atoms with Crippen molar-refractivity contribution in [1.29, 1.82) is 0 Å². The molecule has 0 aliphatic carbocycles. The fraction of sp³-hybridized carbons (Fsp3) is 0.571. The van der Waals surface area contributed by atoms with Crippen molar-refractivity contribution in [2.45, 2.75) is 39.3 Å². The summed E-state index contributed by atoms with van der Waals surface area (Å²) in [7, 11) is 1.60. The molecule has 5 nitrogen and oxygen atoms in total. The number of nitrogens with one attached hydrogen (secondary N) is 2. The lowest BCUT2D eigenvalue weighted by Gasteiger charge is -2.12. The summed E-state index contributed by atoms with van der Waals surface area (Å²) in [5, 5.41) is 6.15. The number of pyridine rings is 1. The Morgan fingerprint density at radius 3 is 3.00 bits per heavy atom. The minimum Gasteiger partial charge on any atom is -0.481 e. The Labute approximate surface area is 114 Å². The van der Waals surface area contributed by atoms with Gasteiger partial charge in [0, 0.05) is 37.3 Å². The highest BCUT2D eigenvalue weighted by molar-refractivity contribution is 5.76. The van der Waals surface area contributed by atoms with Crippen LogP contribution in [0.4, 0.5) is 0 Å². The average molecular weight is 265 g/mol. The van der Waals surface area contributed by atoms with E-state index in [0.29, 0.717) is 25.4 Å². The monoisotopic (exact) mass is 265 g/mol. The van der Waals surface area contributed by atoms with Gasteiger partial charge in [-0.3, -0.25) is 4.79 Å². The molecule has 1 aromatic heterocycles. The second-order valence-electron chi connectivity index (χ2n) is 4.48. The lowest BCUT2D eigenvalue weighted by Crippen LogP contribution is -2.33. The van der Waals surface area contributed by atoms with Crippen molar-refractivity contribution in [3.05, 3.63) is 23.9 Å². The van der Waals surface area contributed by atoms with Crippen LogP contribution in [0.15, 0.2) is 18.3 Å². The fourth-order valence-electron chi connectivity index (χ4n) is 1.62. The van der Waals surface area contributed by atoms with Gasteiger partial charge in [0.2, 0.25) is 11.8 Å². The summed E-state index contributed by atoms with van der Waals surface area (Å²) >= 11 is 0. The van der Waals surface area contributed by atoms with Crippen molar-refractivity contribution < 1.29 is 9.53 Å². The summed E-state index contributed by atoms with van der Waals surface area (Å²) in [5.74, 6) is 0.707. The zero-order valence-corrected chi connectivity index (χ0v) is 11.9. The number of aromatic nitrogens is 1. The van der Waals surface area contributed by atoms with E-state index < -0.39 is 0 Å². The van der Waals surface area contributed by atoms with E-state index in [4.69, 9.17) is 4.74 Å². The Balaban J connectivity index is 2.25. The molecule has 1 aromatic rings. The van der Waals surface area contributed by atoms with Crippen LogP contribution in [0, 0.1) is 0 Å². The molecule has 0 saturated heterocycles. The van der Waals surface area contributed by atoms with Gasteiger partial charge in [0.05, 0.1) is 7.11 Å². The quantitative estimate of drug-likeness (QED) is 0.699. The smallest absolute Gasteiger partial charge is 0.221 e. The third-order valence-corrected chi connectivity index (χ3v) is 2.91. The van der Waals surface area contributed by atoms with Crippen LogP contribution in [0.25, 0.3) is 0 Å². The van der Waals surface area contributed by atoms with Gasteiger partial charge in [0.25, 0.3) is 0 Å². The molecule has 0 aromatic carbocycles. The number of carbonyl (C=O) groups excluding carboxylic acids is 1. The summed E-state index contributed by atoms with van der Waals surface area (Å²) in [4.78, 5) is 15.7. The fourth-order valence-corrected chi connectivity index (χ4v) is 1.62. The van der Waals surface area contributed by atoms with Gasteiger partial charge in [-0.2, -0.15) is 0 Å².